The molecule has 1 unspecified atom stereocenters. The smallest absolute Gasteiger partial charge is 0.257 e. The molecule has 1 aliphatic heterocycles. The molecule has 0 spiro atoms. The van der Waals surface area contributed by atoms with Crippen LogP contribution in [0.1, 0.15) is 42.5 Å². The van der Waals surface area contributed by atoms with Crippen LogP contribution >= 0.6 is 11.3 Å². The summed E-state index contributed by atoms with van der Waals surface area (Å²) >= 11 is 1.65. The number of hydrogen-bond acceptors (Lipinski definition) is 6. The molecule has 0 aromatic carbocycles. The molecule has 0 N–H and O–H groups in total. The Morgan fingerprint density at radius 2 is 2.24 bits per heavy atom. The summed E-state index contributed by atoms with van der Waals surface area (Å²) in [4.78, 5) is 16.6. The van der Waals surface area contributed by atoms with E-state index in [-0.39, 0.29) is 18.0 Å². The molecule has 4 rings (SSSR count). The van der Waals surface area contributed by atoms with E-state index >= 15 is 0 Å². The van der Waals surface area contributed by atoms with Crippen molar-refractivity contribution in [1.82, 2.24) is 19.7 Å². The van der Waals surface area contributed by atoms with Gasteiger partial charge in [0.15, 0.2) is 0 Å². The molecule has 152 valence electrons. The van der Waals surface area contributed by atoms with E-state index in [9.17, 15) is 4.79 Å². The van der Waals surface area contributed by atoms with Gasteiger partial charge in [-0.2, -0.15) is 10.2 Å². The van der Waals surface area contributed by atoms with Crippen LogP contribution in [0.2, 0.25) is 0 Å². The summed E-state index contributed by atoms with van der Waals surface area (Å²) in [5.74, 6) is 0.709. The van der Waals surface area contributed by atoms with E-state index in [0.29, 0.717) is 19.5 Å². The fourth-order valence-electron chi connectivity index (χ4n) is 3.49. The first-order valence-electron chi connectivity index (χ1n) is 9.69. The highest BCUT2D eigenvalue weighted by Crippen LogP contribution is 2.35. The summed E-state index contributed by atoms with van der Waals surface area (Å²) in [7, 11) is 1.90. The summed E-state index contributed by atoms with van der Waals surface area (Å²) in [6, 6.07) is 7.94. The zero-order chi connectivity index (χ0) is 20.4. The molecule has 0 saturated carbocycles. The summed E-state index contributed by atoms with van der Waals surface area (Å²) in [5, 5.41) is 12.6. The Morgan fingerprint density at radius 1 is 1.38 bits per heavy atom. The molecule has 4 heterocycles. The number of hydrazone groups is 1. The van der Waals surface area contributed by atoms with Crippen LogP contribution in [-0.4, -0.2) is 43.9 Å². The van der Waals surface area contributed by atoms with Crippen LogP contribution in [-0.2, 0) is 18.4 Å². The van der Waals surface area contributed by atoms with E-state index in [4.69, 9.17) is 4.42 Å². The summed E-state index contributed by atoms with van der Waals surface area (Å²) < 4.78 is 7.31. The molecular weight excluding hydrogens is 386 g/mol. The number of aromatic nitrogens is 2. The first-order valence-corrected chi connectivity index (χ1v) is 10.6. The lowest BCUT2D eigenvalue weighted by Crippen LogP contribution is -2.40. The lowest BCUT2D eigenvalue weighted by molar-refractivity contribution is -0.134. The largest absolute Gasteiger partial charge is 0.463 e. The van der Waals surface area contributed by atoms with Crippen LogP contribution in [0.25, 0.3) is 0 Å². The van der Waals surface area contributed by atoms with E-state index < -0.39 is 0 Å². The fourth-order valence-corrected chi connectivity index (χ4v) is 4.30. The first kappa shape index (κ1) is 19.6. The van der Waals surface area contributed by atoms with Crippen molar-refractivity contribution in [2.75, 3.05) is 6.54 Å². The number of rotatable bonds is 7. The number of carbonyl (C=O) groups is 1. The van der Waals surface area contributed by atoms with Gasteiger partial charge in [-0.3, -0.25) is 14.4 Å². The van der Waals surface area contributed by atoms with Crippen LogP contribution in [0, 0.1) is 0 Å². The topological polar surface area (TPSA) is 66.9 Å². The first-order chi connectivity index (χ1) is 14.0. The van der Waals surface area contributed by atoms with Gasteiger partial charge in [0.25, 0.3) is 5.91 Å². The van der Waals surface area contributed by atoms with Crippen LogP contribution in [0.5, 0.6) is 0 Å². The summed E-state index contributed by atoms with van der Waals surface area (Å²) in [6.07, 6.45) is 6.12. The lowest BCUT2D eigenvalue weighted by atomic mass is 10.1. The molecule has 0 radical (unpaired) electrons. The maximum atomic E-state index is 13.3. The Bertz CT molecular complexity index is 975. The van der Waals surface area contributed by atoms with Crippen molar-refractivity contribution in [1.29, 1.82) is 0 Å². The molecule has 1 atom stereocenters. The van der Waals surface area contributed by atoms with Gasteiger partial charge in [0.2, 0.25) is 0 Å². The molecule has 7 nitrogen and oxygen atoms in total. The number of aryl methyl sites for hydroxylation is 1. The van der Waals surface area contributed by atoms with Crippen molar-refractivity contribution in [2.24, 2.45) is 12.1 Å². The number of nitrogens with zero attached hydrogens (tertiary/aromatic N) is 5. The van der Waals surface area contributed by atoms with Crippen LogP contribution in [0.4, 0.5) is 0 Å². The predicted octanol–water partition coefficient (Wildman–Crippen LogP) is 3.66. The number of thiophene rings is 1. The second-order valence-corrected chi connectivity index (χ2v) is 8.50. The molecule has 1 aliphatic rings. The quantitative estimate of drug-likeness (QED) is 0.595. The molecule has 0 aliphatic carbocycles. The maximum Gasteiger partial charge on any atom is 0.257 e. The van der Waals surface area contributed by atoms with Crippen molar-refractivity contribution in [3.8, 4) is 0 Å². The van der Waals surface area contributed by atoms with Gasteiger partial charge in [-0.15, -0.1) is 11.3 Å². The third-order valence-electron chi connectivity index (χ3n) is 5.06. The van der Waals surface area contributed by atoms with E-state index in [2.05, 4.69) is 35.0 Å². The highest BCUT2D eigenvalue weighted by Gasteiger charge is 2.35. The zero-order valence-corrected chi connectivity index (χ0v) is 17.7. The van der Waals surface area contributed by atoms with Gasteiger partial charge >= 0.3 is 0 Å². The molecule has 0 saturated heterocycles. The van der Waals surface area contributed by atoms with E-state index in [1.54, 1.807) is 27.3 Å². The monoisotopic (exact) mass is 411 g/mol. The Labute approximate surface area is 174 Å². The highest BCUT2D eigenvalue weighted by atomic mass is 32.1. The second-order valence-electron chi connectivity index (χ2n) is 7.52. The zero-order valence-electron chi connectivity index (χ0n) is 16.9. The Kier molecular flexibility index (Phi) is 5.64. The number of furan rings is 1. The van der Waals surface area contributed by atoms with Crippen molar-refractivity contribution in [3.05, 3.63) is 64.5 Å². The van der Waals surface area contributed by atoms with Gasteiger partial charge in [-0.25, -0.2) is 5.01 Å². The van der Waals surface area contributed by atoms with Crippen molar-refractivity contribution in [2.45, 2.75) is 38.9 Å². The van der Waals surface area contributed by atoms with Crippen LogP contribution in [0.15, 0.2) is 57.8 Å². The molecule has 0 bridgehead atoms. The van der Waals surface area contributed by atoms with Crippen LogP contribution < -0.4 is 0 Å². The van der Waals surface area contributed by atoms with E-state index in [1.165, 1.54) is 0 Å². The summed E-state index contributed by atoms with van der Waals surface area (Å²) in [6.45, 7) is 5.16. The minimum Gasteiger partial charge on any atom is -0.463 e. The highest BCUT2D eigenvalue weighted by molar-refractivity contribution is 7.10. The molecular formula is C21H25N5O2S. The minimum atomic E-state index is -0.0880. The molecule has 1 amide bonds. The third-order valence-corrected chi connectivity index (χ3v) is 6.03. The third kappa shape index (κ3) is 4.33. The van der Waals surface area contributed by atoms with Gasteiger partial charge in [0.1, 0.15) is 11.5 Å². The van der Waals surface area contributed by atoms with Crippen molar-refractivity contribution in [3.63, 3.8) is 0 Å². The van der Waals surface area contributed by atoms with Gasteiger partial charge in [0.05, 0.1) is 25.0 Å². The van der Waals surface area contributed by atoms with Crippen molar-refractivity contribution >= 4 is 23.0 Å². The number of hydrogen-bond donors (Lipinski definition) is 0. The average molecular weight is 412 g/mol. The van der Waals surface area contributed by atoms with E-state index in [1.807, 2.05) is 43.0 Å². The Hall–Kier alpha value is -2.71. The minimum absolute atomic E-state index is 0.0115. The second kappa shape index (κ2) is 8.34. The maximum absolute atomic E-state index is 13.3. The molecule has 29 heavy (non-hydrogen) atoms. The van der Waals surface area contributed by atoms with Gasteiger partial charge in [-0.1, -0.05) is 6.07 Å². The van der Waals surface area contributed by atoms with Gasteiger partial charge < -0.3 is 4.42 Å². The normalized spacial score (nSPS) is 16.8. The average Bonchev–Trinajstić information content (AvgIpc) is 3.46. The van der Waals surface area contributed by atoms with Crippen LogP contribution in [0.3, 0.4) is 0 Å². The van der Waals surface area contributed by atoms with E-state index in [0.717, 1.165) is 21.9 Å². The standard InChI is InChI=1S/C21H25N5O2S/c1-15(2)25(13-16-11-22-24(3)12-16)14-21(27)26-18(20-7-5-9-29-20)10-17(23-26)19-6-4-8-28-19/h4-9,11-12,15,18H,10,13-14H2,1-3H3. The molecule has 8 heteroatoms. The van der Waals surface area contributed by atoms with Gasteiger partial charge in [0, 0.05) is 42.7 Å². The number of amides is 1. The summed E-state index contributed by atoms with van der Waals surface area (Å²) in [5.41, 5.74) is 1.90. The number of carbonyl (C=O) groups excluding carboxylic acids is 1. The van der Waals surface area contributed by atoms with Crippen molar-refractivity contribution < 1.29 is 9.21 Å². The Morgan fingerprint density at radius 3 is 2.86 bits per heavy atom. The van der Waals surface area contributed by atoms with Gasteiger partial charge in [-0.05, 0) is 37.4 Å². The lowest BCUT2D eigenvalue weighted by Gasteiger charge is -2.28. The predicted molar refractivity (Wildman–Crippen MR) is 113 cm³/mol. The molecule has 3 aromatic heterocycles. The molecule has 3 aromatic rings. The SMILES string of the molecule is CC(C)N(CC(=O)N1N=C(c2ccco2)CC1c1cccs1)Cc1cnn(C)c1. The Balaban J connectivity index is 1.54. The molecule has 0 fully saturated rings. The fraction of sp³-hybridized carbons (Fsp3) is 0.381.